The van der Waals surface area contributed by atoms with Crippen LogP contribution >= 0.6 is 0 Å². The summed E-state index contributed by atoms with van der Waals surface area (Å²) in [6, 6.07) is 0. The second-order valence-corrected chi connectivity index (χ2v) is 3.87. The minimum atomic E-state index is -0.375. The van der Waals surface area contributed by atoms with Crippen molar-refractivity contribution >= 4 is 11.9 Å². The van der Waals surface area contributed by atoms with E-state index in [1.54, 1.807) is 11.0 Å². The molecular weight excluding hydrogens is 182 g/mol. The van der Waals surface area contributed by atoms with Crippen LogP contribution in [0.1, 0.15) is 13.3 Å². The molecule has 14 heavy (non-hydrogen) atoms. The van der Waals surface area contributed by atoms with Crippen molar-refractivity contribution in [3.05, 3.63) is 6.33 Å². The molecule has 2 heterocycles. The molecule has 1 saturated heterocycles. The lowest BCUT2D eigenvalue weighted by Gasteiger charge is -2.19. The molecule has 1 atom stereocenters. The number of rotatable bonds is 2. The first-order valence-corrected chi connectivity index (χ1v) is 4.53. The third-order valence-corrected chi connectivity index (χ3v) is 2.58. The van der Waals surface area contributed by atoms with Crippen molar-refractivity contribution in [2.45, 2.75) is 19.9 Å². The van der Waals surface area contributed by atoms with Crippen LogP contribution in [0.4, 0.5) is 5.95 Å². The second kappa shape index (κ2) is 2.97. The van der Waals surface area contributed by atoms with Gasteiger partial charge < -0.3 is 11.1 Å². The van der Waals surface area contributed by atoms with E-state index in [-0.39, 0.29) is 17.3 Å². The highest BCUT2D eigenvalue weighted by Crippen LogP contribution is 2.27. The predicted octanol–water partition coefficient (Wildman–Crippen LogP) is -0.613. The average molecular weight is 195 g/mol. The highest BCUT2D eigenvalue weighted by atomic mass is 16.2. The highest BCUT2D eigenvalue weighted by Gasteiger charge is 2.38. The summed E-state index contributed by atoms with van der Waals surface area (Å²) < 4.78 is 1.61. The molecule has 0 spiro atoms. The van der Waals surface area contributed by atoms with Crippen LogP contribution in [0.5, 0.6) is 0 Å². The summed E-state index contributed by atoms with van der Waals surface area (Å²) in [5, 5.41) is 6.76. The van der Waals surface area contributed by atoms with E-state index >= 15 is 0 Å². The van der Waals surface area contributed by atoms with Gasteiger partial charge in [-0.25, -0.2) is 9.67 Å². The summed E-state index contributed by atoms with van der Waals surface area (Å²) in [5.74, 6) is 0.318. The first-order chi connectivity index (χ1) is 6.60. The quantitative estimate of drug-likeness (QED) is 0.659. The molecule has 1 unspecified atom stereocenters. The van der Waals surface area contributed by atoms with Crippen molar-refractivity contribution in [2.24, 2.45) is 5.41 Å². The van der Waals surface area contributed by atoms with Crippen LogP contribution in [0.15, 0.2) is 6.33 Å². The Labute approximate surface area is 81.5 Å². The fourth-order valence-corrected chi connectivity index (χ4v) is 1.67. The van der Waals surface area contributed by atoms with E-state index < -0.39 is 0 Å². The molecule has 0 saturated carbocycles. The molecule has 6 heteroatoms. The Bertz CT molecular complexity index is 360. The van der Waals surface area contributed by atoms with Gasteiger partial charge in [0.05, 0.1) is 12.0 Å². The zero-order chi connectivity index (χ0) is 10.2. The fourth-order valence-electron chi connectivity index (χ4n) is 1.67. The largest absolute Gasteiger partial charge is 0.367 e. The molecule has 1 aliphatic rings. The van der Waals surface area contributed by atoms with E-state index in [4.69, 9.17) is 5.73 Å². The van der Waals surface area contributed by atoms with Crippen LogP contribution < -0.4 is 11.1 Å². The summed E-state index contributed by atoms with van der Waals surface area (Å²) in [5.41, 5.74) is 5.01. The van der Waals surface area contributed by atoms with Crippen molar-refractivity contribution in [3.8, 4) is 0 Å². The summed E-state index contributed by atoms with van der Waals surface area (Å²) in [4.78, 5) is 15.3. The smallest absolute Gasteiger partial charge is 0.239 e. The van der Waals surface area contributed by atoms with E-state index in [1.165, 1.54) is 0 Å². The third-order valence-electron chi connectivity index (χ3n) is 2.58. The van der Waals surface area contributed by atoms with Gasteiger partial charge in [0.2, 0.25) is 11.9 Å². The Kier molecular flexibility index (Phi) is 1.90. The molecule has 2 rings (SSSR count). The van der Waals surface area contributed by atoms with Crippen molar-refractivity contribution in [1.29, 1.82) is 0 Å². The average Bonchev–Trinajstić information content (AvgIpc) is 2.62. The Morgan fingerprint density at radius 1 is 1.79 bits per heavy atom. The summed E-state index contributed by atoms with van der Waals surface area (Å²) >= 11 is 0. The maximum Gasteiger partial charge on any atom is 0.239 e. The van der Waals surface area contributed by atoms with E-state index in [0.29, 0.717) is 6.54 Å². The van der Waals surface area contributed by atoms with Crippen LogP contribution in [0.2, 0.25) is 0 Å². The predicted molar refractivity (Wildman–Crippen MR) is 50.2 cm³/mol. The summed E-state index contributed by atoms with van der Waals surface area (Å²) in [7, 11) is 0. The fraction of sp³-hybridized carbons (Fsp3) is 0.625. The van der Waals surface area contributed by atoms with E-state index in [9.17, 15) is 4.79 Å². The molecule has 0 aliphatic carbocycles. The van der Waals surface area contributed by atoms with Gasteiger partial charge in [0.15, 0.2) is 0 Å². The van der Waals surface area contributed by atoms with Gasteiger partial charge in [-0.2, -0.15) is 0 Å². The third kappa shape index (κ3) is 1.43. The van der Waals surface area contributed by atoms with Gasteiger partial charge in [-0.3, -0.25) is 4.79 Å². The topological polar surface area (TPSA) is 85.8 Å². The summed E-state index contributed by atoms with van der Waals surface area (Å²) in [6.07, 6.45) is 2.37. The molecule has 3 N–H and O–H groups in total. The molecular formula is C8H13N5O. The Hall–Kier alpha value is -1.59. The standard InChI is InChI=1S/C8H13N5O/c1-8(2-3-10-6(8)14)4-13-5-11-7(9)12-13/h5H,2-4H2,1H3,(H2,9,12)(H,10,14). The lowest BCUT2D eigenvalue weighted by Crippen LogP contribution is -2.32. The van der Waals surface area contributed by atoms with E-state index in [1.807, 2.05) is 6.92 Å². The molecule has 1 aromatic heterocycles. The van der Waals surface area contributed by atoms with Gasteiger partial charge in [-0.1, -0.05) is 0 Å². The molecule has 6 nitrogen and oxygen atoms in total. The molecule has 1 aromatic rings. The van der Waals surface area contributed by atoms with Crippen LogP contribution in [-0.4, -0.2) is 27.2 Å². The van der Waals surface area contributed by atoms with Gasteiger partial charge in [0.1, 0.15) is 6.33 Å². The molecule has 0 radical (unpaired) electrons. The number of anilines is 1. The van der Waals surface area contributed by atoms with Crippen LogP contribution in [0.3, 0.4) is 0 Å². The molecule has 1 fully saturated rings. The summed E-state index contributed by atoms with van der Waals surface area (Å²) in [6.45, 7) is 3.19. The minimum absolute atomic E-state index is 0.0755. The second-order valence-electron chi connectivity index (χ2n) is 3.87. The number of aromatic nitrogens is 3. The number of nitrogens with one attached hydrogen (secondary N) is 1. The molecule has 1 amide bonds. The van der Waals surface area contributed by atoms with Gasteiger partial charge >= 0.3 is 0 Å². The Morgan fingerprint density at radius 2 is 2.57 bits per heavy atom. The molecule has 76 valence electrons. The SMILES string of the molecule is CC1(Cn2cnc(N)n2)CCNC1=O. The molecule has 1 aliphatic heterocycles. The number of nitrogen functional groups attached to an aromatic ring is 1. The number of carbonyl (C=O) groups is 1. The van der Waals surface area contributed by atoms with Crippen LogP contribution in [0, 0.1) is 5.41 Å². The first-order valence-electron chi connectivity index (χ1n) is 4.53. The Morgan fingerprint density at radius 3 is 3.07 bits per heavy atom. The lowest BCUT2D eigenvalue weighted by atomic mass is 9.89. The van der Waals surface area contributed by atoms with Crippen LogP contribution in [-0.2, 0) is 11.3 Å². The van der Waals surface area contributed by atoms with Crippen molar-refractivity contribution in [3.63, 3.8) is 0 Å². The maximum absolute atomic E-state index is 11.5. The van der Waals surface area contributed by atoms with Gasteiger partial charge in [0.25, 0.3) is 0 Å². The first kappa shape index (κ1) is 8.98. The monoisotopic (exact) mass is 195 g/mol. The van der Waals surface area contributed by atoms with E-state index in [2.05, 4.69) is 15.4 Å². The zero-order valence-electron chi connectivity index (χ0n) is 8.03. The maximum atomic E-state index is 11.5. The van der Waals surface area contributed by atoms with Gasteiger partial charge in [-0.05, 0) is 13.3 Å². The van der Waals surface area contributed by atoms with Crippen molar-refractivity contribution < 1.29 is 4.79 Å². The number of carbonyl (C=O) groups excluding carboxylic acids is 1. The normalized spacial score (nSPS) is 26.5. The van der Waals surface area contributed by atoms with Crippen LogP contribution in [0.25, 0.3) is 0 Å². The van der Waals surface area contributed by atoms with Gasteiger partial charge in [0, 0.05) is 6.54 Å². The van der Waals surface area contributed by atoms with E-state index in [0.717, 1.165) is 13.0 Å². The number of nitrogens with two attached hydrogens (primary N) is 1. The van der Waals surface area contributed by atoms with Crippen molar-refractivity contribution in [1.82, 2.24) is 20.1 Å². The minimum Gasteiger partial charge on any atom is -0.367 e. The number of amides is 1. The molecule has 0 bridgehead atoms. The number of nitrogens with zero attached hydrogens (tertiary/aromatic N) is 3. The highest BCUT2D eigenvalue weighted by molar-refractivity contribution is 5.84. The lowest BCUT2D eigenvalue weighted by molar-refractivity contribution is -0.127. The number of hydrogen-bond acceptors (Lipinski definition) is 4. The number of hydrogen-bond donors (Lipinski definition) is 2. The molecule has 0 aromatic carbocycles. The Balaban J connectivity index is 2.13. The van der Waals surface area contributed by atoms with Gasteiger partial charge in [-0.15, -0.1) is 5.10 Å². The zero-order valence-corrected chi connectivity index (χ0v) is 8.03. The van der Waals surface area contributed by atoms with Crippen molar-refractivity contribution in [2.75, 3.05) is 12.3 Å².